The third kappa shape index (κ3) is 4.46. The molecule has 0 saturated heterocycles. The van der Waals surface area contributed by atoms with E-state index < -0.39 is 5.97 Å². The molecule has 0 fully saturated rings. The lowest BCUT2D eigenvalue weighted by Gasteiger charge is -2.02. The van der Waals surface area contributed by atoms with Crippen molar-refractivity contribution < 1.29 is 19.1 Å². The van der Waals surface area contributed by atoms with Crippen LogP contribution in [0.2, 0.25) is 0 Å². The molecule has 0 aliphatic rings. The van der Waals surface area contributed by atoms with Gasteiger partial charge in [0, 0.05) is 20.3 Å². The fourth-order valence-corrected chi connectivity index (χ4v) is 2.17. The number of hydrogen-bond donors (Lipinski definition) is 1. The van der Waals surface area contributed by atoms with Gasteiger partial charge in [0.2, 0.25) is 0 Å². The standard InChI is InChI=1S/C12H17NO4S/c1-16-8-4-3-7-13-11(14)9-5-6-10(18-9)12(15)17-2/h5-6H,3-4,7-8H2,1-2H3,(H,13,14). The molecule has 0 saturated carbocycles. The molecular formula is C12H17NO4S. The van der Waals surface area contributed by atoms with Gasteiger partial charge >= 0.3 is 5.97 Å². The monoisotopic (exact) mass is 271 g/mol. The van der Waals surface area contributed by atoms with Gasteiger partial charge < -0.3 is 14.8 Å². The van der Waals surface area contributed by atoms with E-state index >= 15 is 0 Å². The van der Waals surface area contributed by atoms with Gasteiger partial charge in [0.1, 0.15) is 4.88 Å². The van der Waals surface area contributed by atoms with E-state index in [1.165, 1.54) is 7.11 Å². The molecule has 5 nitrogen and oxygen atoms in total. The first-order valence-electron chi connectivity index (χ1n) is 5.64. The van der Waals surface area contributed by atoms with Crippen LogP contribution < -0.4 is 5.32 Å². The highest BCUT2D eigenvalue weighted by molar-refractivity contribution is 7.15. The molecule has 6 heteroatoms. The highest BCUT2D eigenvalue weighted by Gasteiger charge is 2.13. The van der Waals surface area contributed by atoms with Gasteiger partial charge in [0.05, 0.1) is 12.0 Å². The van der Waals surface area contributed by atoms with Gasteiger partial charge in [-0.1, -0.05) is 0 Å². The summed E-state index contributed by atoms with van der Waals surface area (Å²) in [6.45, 7) is 1.30. The maximum absolute atomic E-state index is 11.7. The molecule has 18 heavy (non-hydrogen) atoms. The van der Waals surface area contributed by atoms with Gasteiger partial charge in [-0.15, -0.1) is 11.3 Å². The normalized spacial score (nSPS) is 10.1. The Hall–Kier alpha value is -1.40. The Morgan fingerprint density at radius 2 is 1.94 bits per heavy atom. The lowest BCUT2D eigenvalue weighted by Crippen LogP contribution is -2.23. The van der Waals surface area contributed by atoms with Crippen LogP contribution in [0.3, 0.4) is 0 Å². The van der Waals surface area contributed by atoms with Gasteiger partial charge in [0.25, 0.3) is 5.91 Å². The maximum Gasteiger partial charge on any atom is 0.348 e. The molecule has 1 N–H and O–H groups in total. The van der Waals surface area contributed by atoms with E-state index in [-0.39, 0.29) is 5.91 Å². The molecule has 0 radical (unpaired) electrons. The summed E-state index contributed by atoms with van der Waals surface area (Å²) in [7, 11) is 2.97. The average Bonchev–Trinajstić information content (AvgIpc) is 2.87. The molecule has 100 valence electrons. The Labute approximate surface area is 110 Å². The molecule has 0 spiro atoms. The van der Waals surface area contributed by atoms with E-state index in [1.54, 1.807) is 19.2 Å². The van der Waals surface area contributed by atoms with Crippen molar-refractivity contribution in [2.75, 3.05) is 27.4 Å². The molecule has 1 amide bonds. The van der Waals surface area contributed by atoms with Crippen molar-refractivity contribution in [2.45, 2.75) is 12.8 Å². The first-order chi connectivity index (χ1) is 8.69. The second kappa shape index (κ2) is 7.84. The van der Waals surface area contributed by atoms with Crippen LogP contribution in [0, 0.1) is 0 Å². The number of amides is 1. The molecule has 0 atom stereocenters. The number of rotatable bonds is 7. The van der Waals surface area contributed by atoms with E-state index in [1.807, 2.05) is 0 Å². The van der Waals surface area contributed by atoms with E-state index in [0.717, 1.165) is 24.2 Å². The van der Waals surface area contributed by atoms with Crippen molar-refractivity contribution in [2.24, 2.45) is 0 Å². The number of hydrogen-bond acceptors (Lipinski definition) is 5. The Morgan fingerprint density at radius 3 is 2.61 bits per heavy atom. The van der Waals surface area contributed by atoms with Crippen molar-refractivity contribution in [3.8, 4) is 0 Å². The lowest BCUT2D eigenvalue weighted by molar-refractivity contribution is 0.0606. The smallest absolute Gasteiger partial charge is 0.348 e. The van der Waals surface area contributed by atoms with Crippen molar-refractivity contribution in [1.29, 1.82) is 0 Å². The number of carbonyl (C=O) groups is 2. The fraction of sp³-hybridized carbons (Fsp3) is 0.500. The third-order valence-electron chi connectivity index (χ3n) is 2.28. The van der Waals surface area contributed by atoms with Gasteiger partial charge in [-0.2, -0.15) is 0 Å². The van der Waals surface area contributed by atoms with Crippen molar-refractivity contribution >= 4 is 23.2 Å². The average molecular weight is 271 g/mol. The second-order valence-electron chi connectivity index (χ2n) is 3.61. The van der Waals surface area contributed by atoms with Crippen LogP contribution in [0.5, 0.6) is 0 Å². The Morgan fingerprint density at radius 1 is 1.22 bits per heavy atom. The second-order valence-corrected chi connectivity index (χ2v) is 4.70. The minimum atomic E-state index is -0.417. The predicted octanol–water partition coefficient (Wildman–Crippen LogP) is 1.69. The molecule has 0 unspecified atom stereocenters. The molecule has 0 bridgehead atoms. The van der Waals surface area contributed by atoms with Gasteiger partial charge in [-0.3, -0.25) is 4.79 Å². The highest BCUT2D eigenvalue weighted by atomic mass is 32.1. The van der Waals surface area contributed by atoms with Crippen LogP contribution in [0.25, 0.3) is 0 Å². The van der Waals surface area contributed by atoms with Gasteiger partial charge in [-0.25, -0.2) is 4.79 Å². The number of methoxy groups -OCH3 is 2. The molecular weight excluding hydrogens is 254 g/mol. The molecule has 1 aromatic rings. The van der Waals surface area contributed by atoms with Crippen LogP contribution >= 0.6 is 11.3 Å². The minimum absolute atomic E-state index is 0.160. The van der Waals surface area contributed by atoms with Crippen molar-refractivity contribution in [3.63, 3.8) is 0 Å². The van der Waals surface area contributed by atoms with Crippen LogP contribution in [-0.4, -0.2) is 39.2 Å². The third-order valence-corrected chi connectivity index (χ3v) is 3.34. The molecule has 1 rings (SSSR count). The van der Waals surface area contributed by atoms with Gasteiger partial charge in [0.15, 0.2) is 0 Å². The van der Waals surface area contributed by atoms with Gasteiger partial charge in [-0.05, 0) is 25.0 Å². The van der Waals surface area contributed by atoms with Crippen LogP contribution in [0.15, 0.2) is 12.1 Å². The highest BCUT2D eigenvalue weighted by Crippen LogP contribution is 2.17. The number of esters is 1. The minimum Gasteiger partial charge on any atom is -0.465 e. The van der Waals surface area contributed by atoms with E-state index in [9.17, 15) is 9.59 Å². The SMILES string of the molecule is COCCCCNC(=O)c1ccc(C(=O)OC)s1. The fourth-order valence-electron chi connectivity index (χ4n) is 1.33. The lowest BCUT2D eigenvalue weighted by atomic mass is 10.3. The summed E-state index contributed by atoms with van der Waals surface area (Å²) in [6.07, 6.45) is 1.78. The number of carbonyl (C=O) groups excluding carboxylic acids is 2. The predicted molar refractivity (Wildman–Crippen MR) is 69.1 cm³/mol. The zero-order valence-electron chi connectivity index (χ0n) is 10.5. The summed E-state index contributed by atoms with van der Waals surface area (Å²) >= 11 is 1.13. The first-order valence-corrected chi connectivity index (χ1v) is 6.46. The quantitative estimate of drug-likeness (QED) is 0.605. The number of nitrogens with one attached hydrogen (secondary N) is 1. The summed E-state index contributed by atoms with van der Waals surface area (Å²) in [5.41, 5.74) is 0. The number of unbranched alkanes of at least 4 members (excludes halogenated alkanes) is 1. The summed E-state index contributed by atoms with van der Waals surface area (Å²) in [5.74, 6) is -0.577. The van der Waals surface area contributed by atoms with Crippen molar-refractivity contribution in [3.05, 3.63) is 21.9 Å². The van der Waals surface area contributed by atoms with E-state index in [4.69, 9.17) is 4.74 Å². The zero-order valence-corrected chi connectivity index (χ0v) is 11.3. The summed E-state index contributed by atoms with van der Waals surface area (Å²) in [5, 5.41) is 2.79. The van der Waals surface area contributed by atoms with Crippen molar-refractivity contribution in [1.82, 2.24) is 5.32 Å². The molecule has 1 heterocycles. The Balaban J connectivity index is 2.37. The first kappa shape index (κ1) is 14.7. The molecule has 0 aromatic carbocycles. The van der Waals surface area contributed by atoms with Crippen LogP contribution in [0.4, 0.5) is 0 Å². The summed E-state index contributed by atoms with van der Waals surface area (Å²) < 4.78 is 9.49. The summed E-state index contributed by atoms with van der Waals surface area (Å²) in [6, 6.07) is 3.22. The largest absolute Gasteiger partial charge is 0.465 e. The maximum atomic E-state index is 11.7. The number of thiophene rings is 1. The van der Waals surface area contributed by atoms with E-state index in [2.05, 4.69) is 10.1 Å². The Bertz CT molecular complexity index is 403. The molecule has 1 aromatic heterocycles. The van der Waals surface area contributed by atoms with Crippen LogP contribution in [0.1, 0.15) is 32.2 Å². The zero-order chi connectivity index (χ0) is 13.4. The Kier molecular flexibility index (Phi) is 6.38. The molecule has 0 aliphatic heterocycles. The molecule has 0 aliphatic carbocycles. The van der Waals surface area contributed by atoms with Crippen LogP contribution in [-0.2, 0) is 9.47 Å². The topological polar surface area (TPSA) is 64.6 Å². The summed E-state index contributed by atoms with van der Waals surface area (Å²) in [4.78, 5) is 23.9. The van der Waals surface area contributed by atoms with E-state index in [0.29, 0.717) is 22.9 Å². The number of ether oxygens (including phenoxy) is 2.